The van der Waals surface area contributed by atoms with Crippen molar-refractivity contribution in [2.75, 3.05) is 6.54 Å². The molecule has 0 saturated carbocycles. The standard InChI is InChI=1S/C17H17N3OS/c1-12-4-2-3-5-15(12)17-18-8-14(22-17)10-20-7-6-16-13(9-20)11-21-19-16/h2-5,8,11H,6-7,9-10H2,1H3. The first kappa shape index (κ1) is 13.7. The molecule has 0 unspecified atom stereocenters. The third-order valence-corrected chi connectivity index (χ3v) is 5.11. The molecule has 5 heteroatoms. The highest BCUT2D eigenvalue weighted by molar-refractivity contribution is 7.15. The molecule has 0 amide bonds. The van der Waals surface area contributed by atoms with E-state index in [-0.39, 0.29) is 0 Å². The second-order valence-corrected chi connectivity index (χ2v) is 6.81. The van der Waals surface area contributed by atoms with Gasteiger partial charge in [-0.15, -0.1) is 11.3 Å². The maximum absolute atomic E-state index is 5.05. The van der Waals surface area contributed by atoms with Gasteiger partial charge in [0.15, 0.2) is 0 Å². The summed E-state index contributed by atoms with van der Waals surface area (Å²) in [7, 11) is 0. The van der Waals surface area contributed by atoms with Gasteiger partial charge in [-0.1, -0.05) is 29.4 Å². The van der Waals surface area contributed by atoms with Crippen LogP contribution in [-0.4, -0.2) is 21.6 Å². The Hall–Kier alpha value is -1.98. The molecule has 2 aromatic heterocycles. The van der Waals surface area contributed by atoms with Crippen LogP contribution in [0, 0.1) is 6.92 Å². The van der Waals surface area contributed by atoms with Crippen LogP contribution < -0.4 is 0 Å². The van der Waals surface area contributed by atoms with Gasteiger partial charge in [-0.3, -0.25) is 4.90 Å². The molecule has 3 heterocycles. The third-order valence-electron chi connectivity index (χ3n) is 4.10. The van der Waals surface area contributed by atoms with Gasteiger partial charge in [-0.05, 0) is 12.5 Å². The first-order valence-electron chi connectivity index (χ1n) is 7.45. The summed E-state index contributed by atoms with van der Waals surface area (Å²) in [5.41, 5.74) is 4.84. The number of aromatic nitrogens is 2. The van der Waals surface area contributed by atoms with Crippen LogP contribution in [0.25, 0.3) is 10.6 Å². The Morgan fingerprint density at radius 1 is 1.32 bits per heavy atom. The SMILES string of the molecule is Cc1ccccc1-c1ncc(CN2CCc3nocc3C2)s1. The molecule has 22 heavy (non-hydrogen) atoms. The molecule has 0 saturated heterocycles. The van der Waals surface area contributed by atoms with Crippen LogP contribution >= 0.6 is 11.3 Å². The van der Waals surface area contributed by atoms with Crippen LogP contribution in [0.15, 0.2) is 41.2 Å². The van der Waals surface area contributed by atoms with Gasteiger partial charge in [0.05, 0.1) is 5.69 Å². The molecule has 112 valence electrons. The fourth-order valence-electron chi connectivity index (χ4n) is 2.87. The molecular weight excluding hydrogens is 294 g/mol. The Morgan fingerprint density at radius 2 is 2.23 bits per heavy atom. The molecule has 0 N–H and O–H groups in total. The molecule has 4 rings (SSSR count). The van der Waals surface area contributed by atoms with Gasteiger partial charge in [0.25, 0.3) is 0 Å². The Labute approximate surface area is 133 Å². The number of rotatable bonds is 3. The van der Waals surface area contributed by atoms with Crippen molar-refractivity contribution in [1.82, 2.24) is 15.0 Å². The summed E-state index contributed by atoms with van der Waals surface area (Å²) in [4.78, 5) is 8.34. The second kappa shape index (κ2) is 5.66. The van der Waals surface area contributed by atoms with E-state index in [0.717, 1.165) is 36.8 Å². The Balaban J connectivity index is 1.50. The lowest BCUT2D eigenvalue weighted by Gasteiger charge is -2.24. The Morgan fingerprint density at radius 3 is 3.14 bits per heavy atom. The molecule has 1 aliphatic heterocycles. The zero-order valence-electron chi connectivity index (χ0n) is 12.5. The summed E-state index contributed by atoms with van der Waals surface area (Å²) >= 11 is 1.79. The molecule has 0 aliphatic carbocycles. The topological polar surface area (TPSA) is 42.2 Å². The highest BCUT2D eigenvalue weighted by atomic mass is 32.1. The molecular formula is C17H17N3OS. The lowest BCUT2D eigenvalue weighted by atomic mass is 10.1. The van der Waals surface area contributed by atoms with Gasteiger partial charge in [0, 0.05) is 48.3 Å². The van der Waals surface area contributed by atoms with E-state index in [1.807, 2.05) is 6.20 Å². The third kappa shape index (κ3) is 2.58. The van der Waals surface area contributed by atoms with Crippen LogP contribution in [0.3, 0.4) is 0 Å². The fourth-order valence-corrected chi connectivity index (χ4v) is 3.92. The Kier molecular flexibility index (Phi) is 3.52. The maximum atomic E-state index is 5.05. The number of nitrogens with zero attached hydrogens (tertiary/aromatic N) is 3. The summed E-state index contributed by atoms with van der Waals surface area (Å²) in [5.74, 6) is 0. The number of aryl methyl sites for hydroxylation is 1. The minimum atomic E-state index is 0.913. The van der Waals surface area contributed by atoms with Crippen LogP contribution in [-0.2, 0) is 19.5 Å². The van der Waals surface area contributed by atoms with E-state index >= 15 is 0 Å². The van der Waals surface area contributed by atoms with E-state index in [2.05, 4.69) is 46.2 Å². The van der Waals surface area contributed by atoms with Crippen molar-refractivity contribution in [2.45, 2.75) is 26.4 Å². The molecule has 1 aromatic carbocycles. The van der Waals surface area contributed by atoms with E-state index in [1.165, 1.54) is 21.6 Å². The fraction of sp³-hybridized carbons (Fsp3) is 0.294. The van der Waals surface area contributed by atoms with E-state index < -0.39 is 0 Å². The van der Waals surface area contributed by atoms with Crippen LogP contribution in [0.4, 0.5) is 0 Å². The Bertz CT molecular complexity index is 793. The maximum Gasteiger partial charge on any atom is 0.128 e. The number of thiazole rings is 1. The molecule has 0 bridgehead atoms. The van der Waals surface area contributed by atoms with Crippen molar-refractivity contribution < 1.29 is 4.52 Å². The van der Waals surface area contributed by atoms with E-state index in [1.54, 1.807) is 17.6 Å². The minimum absolute atomic E-state index is 0.913. The van der Waals surface area contributed by atoms with Crippen molar-refractivity contribution in [3.05, 3.63) is 58.4 Å². The largest absolute Gasteiger partial charge is 0.364 e. The van der Waals surface area contributed by atoms with Crippen LogP contribution in [0.2, 0.25) is 0 Å². The van der Waals surface area contributed by atoms with E-state index in [0.29, 0.717) is 0 Å². The number of benzene rings is 1. The summed E-state index contributed by atoms with van der Waals surface area (Å²) in [6.45, 7) is 5.01. The van der Waals surface area contributed by atoms with Crippen molar-refractivity contribution in [3.63, 3.8) is 0 Å². The van der Waals surface area contributed by atoms with Gasteiger partial charge in [-0.25, -0.2) is 4.98 Å². The predicted octanol–water partition coefficient (Wildman–Crippen LogP) is 3.66. The molecule has 4 nitrogen and oxygen atoms in total. The van der Waals surface area contributed by atoms with Gasteiger partial charge in [0.1, 0.15) is 11.3 Å². The molecule has 0 spiro atoms. The average molecular weight is 311 g/mol. The van der Waals surface area contributed by atoms with Gasteiger partial charge in [-0.2, -0.15) is 0 Å². The zero-order chi connectivity index (χ0) is 14.9. The van der Waals surface area contributed by atoms with E-state index in [9.17, 15) is 0 Å². The second-order valence-electron chi connectivity index (χ2n) is 5.69. The molecule has 0 atom stereocenters. The predicted molar refractivity (Wildman–Crippen MR) is 86.6 cm³/mol. The molecule has 3 aromatic rings. The monoisotopic (exact) mass is 311 g/mol. The summed E-state index contributed by atoms with van der Waals surface area (Å²) in [5, 5.41) is 5.15. The summed E-state index contributed by atoms with van der Waals surface area (Å²) < 4.78 is 5.05. The van der Waals surface area contributed by atoms with Crippen molar-refractivity contribution in [2.24, 2.45) is 0 Å². The van der Waals surface area contributed by atoms with Gasteiger partial charge < -0.3 is 4.52 Å². The van der Waals surface area contributed by atoms with Crippen molar-refractivity contribution in [3.8, 4) is 10.6 Å². The van der Waals surface area contributed by atoms with E-state index in [4.69, 9.17) is 4.52 Å². The average Bonchev–Trinajstić information content (AvgIpc) is 3.16. The molecule has 1 aliphatic rings. The number of fused-ring (bicyclic) bond motifs is 1. The lowest BCUT2D eigenvalue weighted by molar-refractivity contribution is 0.246. The van der Waals surface area contributed by atoms with Gasteiger partial charge >= 0.3 is 0 Å². The summed E-state index contributed by atoms with van der Waals surface area (Å²) in [6.07, 6.45) is 4.75. The molecule has 0 radical (unpaired) electrons. The normalized spacial score (nSPS) is 15.0. The quantitative estimate of drug-likeness (QED) is 0.740. The first-order chi connectivity index (χ1) is 10.8. The molecule has 0 fully saturated rings. The smallest absolute Gasteiger partial charge is 0.128 e. The lowest BCUT2D eigenvalue weighted by Crippen LogP contribution is -2.29. The van der Waals surface area contributed by atoms with Crippen molar-refractivity contribution in [1.29, 1.82) is 0 Å². The first-order valence-corrected chi connectivity index (χ1v) is 8.26. The summed E-state index contributed by atoms with van der Waals surface area (Å²) in [6, 6.07) is 8.41. The van der Waals surface area contributed by atoms with Crippen LogP contribution in [0.5, 0.6) is 0 Å². The minimum Gasteiger partial charge on any atom is -0.364 e. The highest BCUT2D eigenvalue weighted by Crippen LogP contribution is 2.29. The van der Waals surface area contributed by atoms with Crippen molar-refractivity contribution >= 4 is 11.3 Å². The number of hydrogen-bond acceptors (Lipinski definition) is 5. The zero-order valence-corrected chi connectivity index (χ0v) is 13.3. The van der Waals surface area contributed by atoms with Gasteiger partial charge in [0.2, 0.25) is 0 Å². The van der Waals surface area contributed by atoms with Crippen LogP contribution in [0.1, 0.15) is 21.7 Å². The highest BCUT2D eigenvalue weighted by Gasteiger charge is 2.20. The number of hydrogen-bond donors (Lipinski definition) is 0.